The molecule has 1 aliphatic rings. The van der Waals surface area contributed by atoms with Crippen LogP contribution in [-0.4, -0.2) is 16.6 Å². The molecule has 0 saturated carbocycles. The summed E-state index contributed by atoms with van der Waals surface area (Å²) in [6.07, 6.45) is 7.34. The van der Waals surface area contributed by atoms with Gasteiger partial charge in [0, 0.05) is 0 Å². The Morgan fingerprint density at radius 1 is 1.47 bits per heavy atom. The summed E-state index contributed by atoms with van der Waals surface area (Å²) >= 11 is 0. The van der Waals surface area contributed by atoms with Crippen LogP contribution in [0.5, 0.6) is 5.88 Å². The molecule has 5 heteroatoms. The summed E-state index contributed by atoms with van der Waals surface area (Å²) in [7, 11) is 0. The molecule has 1 aromatic heterocycles. The van der Waals surface area contributed by atoms with E-state index in [0.717, 1.165) is 19.0 Å². The summed E-state index contributed by atoms with van der Waals surface area (Å²) in [6, 6.07) is 0. The van der Waals surface area contributed by atoms with Crippen LogP contribution in [0.3, 0.4) is 0 Å². The van der Waals surface area contributed by atoms with E-state index < -0.39 is 5.82 Å². The molecule has 92 valence electrons. The van der Waals surface area contributed by atoms with Crippen LogP contribution in [0.1, 0.15) is 19.8 Å². The second kappa shape index (κ2) is 5.12. The van der Waals surface area contributed by atoms with Gasteiger partial charge in [-0.25, -0.2) is 4.98 Å². The fourth-order valence-electron chi connectivity index (χ4n) is 1.89. The zero-order valence-corrected chi connectivity index (χ0v) is 9.77. The quantitative estimate of drug-likeness (QED) is 0.818. The van der Waals surface area contributed by atoms with Crippen LogP contribution >= 0.6 is 0 Å². The summed E-state index contributed by atoms with van der Waals surface area (Å²) in [5.41, 5.74) is 5.38. The number of anilines is 1. The van der Waals surface area contributed by atoms with Gasteiger partial charge in [0.15, 0.2) is 0 Å². The Morgan fingerprint density at radius 2 is 2.24 bits per heavy atom. The summed E-state index contributed by atoms with van der Waals surface area (Å²) in [5, 5.41) is 0. The third-order valence-electron chi connectivity index (χ3n) is 3.08. The Kier molecular flexibility index (Phi) is 3.56. The molecule has 0 spiro atoms. The lowest BCUT2D eigenvalue weighted by Crippen LogP contribution is -2.21. The molecule has 1 aromatic rings. The van der Waals surface area contributed by atoms with E-state index in [1.54, 1.807) is 0 Å². The average molecular weight is 237 g/mol. The van der Waals surface area contributed by atoms with Gasteiger partial charge in [0.25, 0.3) is 5.88 Å². The van der Waals surface area contributed by atoms with Crippen LogP contribution in [0.2, 0.25) is 0 Å². The van der Waals surface area contributed by atoms with E-state index in [-0.39, 0.29) is 11.8 Å². The van der Waals surface area contributed by atoms with Crippen LogP contribution in [0.25, 0.3) is 0 Å². The minimum atomic E-state index is -0.571. The number of hydrogen-bond acceptors (Lipinski definition) is 4. The fourth-order valence-corrected chi connectivity index (χ4v) is 1.89. The minimum absolute atomic E-state index is 0.0259. The number of hydrogen-bond donors (Lipinski definition) is 1. The predicted molar refractivity (Wildman–Crippen MR) is 62.9 cm³/mol. The van der Waals surface area contributed by atoms with E-state index >= 15 is 0 Å². The first-order valence-electron chi connectivity index (χ1n) is 5.72. The SMILES string of the molecule is CC1CC=CCC1COc1nc(N)ncc1F. The van der Waals surface area contributed by atoms with E-state index in [9.17, 15) is 4.39 Å². The molecule has 17 heavy (non-hydrogen) atoms. The Bertz CT molecular complexity index is 422. The predicted octanol–water partition coefficient (Wildman–Crippen LogP) is 2.18. The molecular weight excluding hydrogens is 221 g/mol. The fraction of sp³-hybridized carbons (Fsp3) is 0.500. The van der Waals surface area contributed by atoms with E-state index in [4.69, 9.17) is 10.5 Å². The van der Waals surface area contributed by atoms with Gasteiger partial charge in [-0.1, -0.05) is 19.1 Å². The van der Waals surface area contributed by atoms with E-state index in [1.165, 1.54) is 0 Å². The molecule has 1 heterocycles. The molecule has 1 aliphatic carbocycles. The zero-order valence-electron chi connectivity index (χ0n) is 9.77. The monoisotopic (exact) mass is 237 g/mol. The highest BCUT2D eigenvalue weighted by atomic mass is 19.1. The lowest BCUT2D eigenvalue weighted by atomic mass is 9.85. The highest BCUT2D eigenvalue weighted by molar-refractivity contribution is 5.22. The van der Waals surface area contributed by atoms with Crippen molar-refractivity contribution in [2.24, 2.45) is 11.8 Å². The van der Waals surface area contributed by atoms with Gasteiger partial charge >= 0.3 is 0 Å². The molecule has 2 rings (SSSR count). The van der Waals surface area contributed by atoms with Gasteiger partial charge in [0.05, 0.1) is 12.8 Å². The molecule has 0 fully saturated rings. The Hall–Kier alpha value is -1.65. The number of allylic oxidation sites excluding steroid dienone is 2. The first-order chi connectivity index (χ1) is 8.16. The zero-order chi connectivity index (χ0) is 12.3. The topological polar surface area (TPSA) is 61.0 Å². The van der Waals surface area contributed by atoms with Crippen molar-refractivity contribution in [3.8, 4) is 5.88 Å². The average Bonchev–Trinajstić information content (AvgIpc) is 2.32. The minimum Gasteiger partial charge on any atom is -0.475 e. The van der Waals surface area contributed by atoms with Gasteiger partial charge < -0.3 is 10.5 Å². The van der Waals surface area contributed by atoms with Gasteiger partial charge in [-0.05, 0) is 24.7 Å². The van der Waals surface area contributed by atoms with Crippen LogP contribution in [0.15, 0.2) is 18.3 Å². The summed E-state index contributed by atoms with van der Waals surface area (Å²) in [4.78, 5) is 7.28. The van der Waals surface area contributed by atoms with Gasteiger partial charge in [-0.15, -0.1) is 0 Å². The maximum atomic E-state index is 13.3. The standard InChI is InChI=1S/C12H16FN3O/c1-8-4-2-3-5-9(8)7-17-11-10(13)6-15-12(14)16-11/h2-3,6,8-9H,4-5,7H2,1H3,(H2,14,15,16). The van der Waals surface area contributed by atoms with Gasteiger partial charge in [-0.2, -0.15) is 9.37 Å². The molecule has 4 nitrogen and oxygen atoms in total. The molecule has 0 aliphatic heterocycles. The summed E-state index contributed by atoms with van der Waals surface area (Å²) in [6.45, 7) is 2.63. The molecule has 0 radical (unpaired) electrons. The molecular formula is C12H16FN3O. The third kappa shape index (κ3) is 2.93. The largest absolute Gasteiger partial charge is 0.475 e. The van der Waals surface area contributed by atoms with Crippen LogP contribution in [-0.2, 0) is 0 Å². The van der Waals surface area contributed by atoms with Gasteiger partial charge in [0.1, 0.15) is 0 Å². The molecule has 2 N–H and O–H groups in total. The highest BCUT2D eigenvalue weighted by Gasteiger charge is 2.20. The van der Waals surface area contributed by atoms with Crippen LogP contribution in [0, 0.1) is 17.7 Å². The lowest BCUT2D eigenvalue weighted by molar-refractivity contribution is 0.186. The molecule has 0 bridgehead atoms. The normalized spacial score (nSPS) is 23.6. The van der Waals surface area contributed by atoms with Gasteiger partial charge in [0.2, 0.25) is 11.8 Å². The Balaban J connectivity index is 1.97. The first-order valence-corrected chi connectivity index (χ1v) is 5.72. The smallest absolute Gasteiger partial charge is 0.255 e. The van der Waals surface area contributed by atoms with Crippen LogP contribution < -0.4 is 10.5 Å². The van der Waals surface area contributed by atoms with Crippen molar-refractivity contribution in [1.29, 1.82) is 0 Å². The lowest BCUT2D eigenvalue weighted by Gasteiger charge is -2.24. The number of nitrogens with zero attached hydrogens (tertiary/aromatic N) is 2. The number of ether oxygens (including phenoxy) is 1. The number of halogens is 1. The maximum absolute atomic E-state index is 13.3. The van der Waals surface area contributed by atoms with Crippen molar-refractivity contribution in [1.82, 2.24) is 9.97 Å². The molecule has 0 aromatic carbocycles. The second-order valence-electron chi connectivity index (χ2n) is 4.37. The summed E-state index contributed by atoms with van der Waals surface area (Å²) < 4.78 is 18.7. The number of nitrogens with two attached hydrogens (primary N) is 1. The third-order valence-corrected chi connectivity index (χ3v) is 3.08. The number of aromatic nitrogens is 2. The van der Waals surface area contributed by atoms with E-state index in [2.05, 4.69) is 29.0 Å². The second-order valence-corrected chi connectivity index (χ2v) is 4.37. The number of rotatable bonds is 3. The van der Waals surface area contributed by atoms with Crippen molar-refractivity contribution in [3.63, 3.8) is 0 Å². The molecule has 0 amide bonds. The molecule has 0 saturated heterocycles. The Morgan fingerprint density at radius 3 is 3.00 bits per heavy atom. The van der Waals surface area contributed by atoms with Gasteiger partial charge in [-0.3, -0.25) is 0 Å². The summed E-state index contributed by atoms with van der Waals surface area (Å²) in [5.74, 6) is 0.341. The van der Waals surface area contributed by atoms with Crippen molar-refractivity contribution in [2.45, 2.75) is 19.8 Å². The van der Waals surface area contributed by atoms with E-state index in [1.807, 2.05) is 0 Å². The van der Waals surface area contributed by atoms with Crippen molar-refractivity contribution >= 4 is 5.95 Å². The van der Waals surface area contributed by atoms with E-state index in [0.29, 0.717) is 18.4 Å². The first kappa shape index (κ1) is 11.8. The highest BCUT2D eigenvalue weighted by Crippen LogP contribution is 2.26. The molecule has 2 unspecified atom stereocenters. The van der Waals surface area contributed by atoms with Crippen molar-refractivity contribution in [3.05, 3.63) is 24.2 Å². The van der Waals surface area contributed by atoms with Crippen molar-refractivity contribution in [2.75, 3.05) is 12.3 Å². The molecule has 2 atom stereocenters. The Labute approximate surface area is 99.7 Å². The number of nitrogen functional groups attached to an aromatic ring is 1. The maximum Gasteiger partial charge on any atom is 0.255 e. The van der Waals surface area contributed by atoms with Crippen LogP contribution in [0.4, 0.5) is 10.3 Å². The van der Waals surface area contributed by atoms with Crippen molar-refractivity contribution < 1.29 is 9.13 Å².